The maximum absolute atomic E-state index is 5.32. The Morgan fingerprint density at radius 1 is 1.00 bits per heavy atom. The van der Waals surface area contributed by atoms with E-state index in [2.05, 4.69) is 15.9 Å². The first-order chi connectivity index (χ1) is 7.22. The predicted octanol–water partition coefficient (Wildman–Crippen LogP) is 2.45. The molecule has 0 heterocycles. The number of hydrogen-bond donors (Lipinski definition) is 0. The molecule has 0 saturated carbocycles. The van der Waals surface area contributed by atoms with E-state index >= 15 is 0 Å². The normalized spacial score (nSPS) is 9.87. The minimum atomic E-state index is 0.176. The summed E-state index contributed by atoms with van der Waals surface area (Å²) in [6.45, 7) is 0.176. The van der Waals surface area contributed by atoms with E-state index in [0.717, 1.165) is 4.47 Å². The van der Waals surface area contributed by atoms with E-state index in [1.807, 2.05) is 0 Å². The summed E-state index contributed by atoms with van der Waals surface area (Å²) in [4.78, 5) is 0. The highest BCUT2D eigenvalue weighted by atomic mass is 79.9. The molecule has 0 aromatic heterocycles. The third-order valence-corrected chi connectivity index (χ3v) is 2.39. The van der Waals surface area contributed by atoms with E-state index in [4.69, 9.17) is 18.9 Å². The monoisotopic (exact) mass is 276 g/mol. The van der Waals surface area contributed by atoms with Crippen LogP contribution in [0.1, 0.15) is 0 Å². The molecule has 4 nitrogen and oxygen atoms in total. The van der Waals surface area contributed by atoms with Gasteiger partial charge >= 0.3 is 0 Å². The van der Waals surface area contributed by atoms with Gasteiger partial charge in [0.25, 0.3) is 0 Å². The van der Waals surface area contributed by atoms with Crippen LogP contribution in [0, 0.1) is 0 Å². The Morgan fingerprint density at radius 2 is 1.67 bits per heavy atom. The highest BCUT2D eigenvalue weighted by Crippen LogP contribution is 2.37. The molecule has 0 fully saturated rings. The molecule has 0 spiro atoms. The van der Waals surface area contributed by atoms with Gasteiger partial charge in [-0.15, -0.1) is 0 Å². The van der Waals surface area contributed by atoms with Crippen LogP contribution in [0.4, 0.5) is 0 Å². The first-order valence-corrected chi connectivity index (χ1v) is 5.05. The van der Waals surface area contributed by atoms with Crippen LogP contribution in [0.5, 0.6) is 17.2 Å². The van der Waals surface area contributed by atoms with Crippen molar-refractivity contribution in [2.75, 3.05) is 28.1 Å². The number of rotatable bonds is 5. The molecular formula is C10H13BrO4. The van der Waals surface area contributed by atoms with Gasteiger partial charge in [0.2, 0.25) is 0 Å². The van der Waals surface area contributed by atoms with E-state index in [1.54, 1.807) is 33.5 Å². The van der Waals surface area contributed by atoms with Crippen molar-refractivity contribution in [1.29, 1.82) is 0 Å². The summed E-state index contributed by atoms with van der Waals surface area (Å²) in [6.07, 6.45) is 0. The van der Waals surface area contributed by atoms with Crippen LogP contribution >= 0.6 is 15.9 Å². The van der Waals surface area contributed by atoms with Crippen molar-refractivity contribution in [2.24, 2.45) is 0 Å². The molecule has 0 bridgehead atoms. The van der Waals surface area contributed by atoms with Gasteiger partial charge in [0.15, 0.2) is 18.3 Å². The van der Waals surface area contributed by atoms with Crippen LogP contribution in [0.2, 0.25) is 0 Å². The number of benzene rings is 1. The van der Waals surface area contributed by atoms with Crippen LogP contribution in [0.25, 0.3) is 0 Å². The maximum Gasteiger partial charge on any atom is 0.188 e. The van der Waals surface area contributed by atoms with Crippen LogP contribution < -0.4 is 14.2 Å². The van der Waals surface area contributed by atoms with Gasteiger partial charge in [-0.25, -0.2) is 0 Å². The number of hydrogen-bond acceptors (Lipinski definition) is 4. The van der Waals surface area contributed by atoms with Gasteiger partial charge < -0.3 is 18.9 Å². The fraction of sp³-hybridized carbons (Fsp3) is 0.400. The van der Waals surface area contributed by atoms with Gasteiger partial charge in [-0.2, -0.15) is 0 Å². The summed E-state index contributed by atoms with van der Waals surface area (Å²) in [7, 11) is 4.72. The lowest BCUT2D eigenvalue weighted by Gasteiger charge is -2.12. The van der Waals surface area contributed by atoms with E-state index in [-0.39, 0.29) is 6.79 Å². The molecule has 5 heteroatoms. The Morgan fingerprint density at radius 3 is 2.20 bits per heavy atom. The lowest BCUT2D eigenvalue weighted by Crippen LogP contribution is -2.01. The second kappa shape index (κ2) is 5.82. The van der Waals surface area contributed by atoms with Gasteiger partial charge in [0.1, 0.15) is 5.75 Å². The highest BCUT2D eigenvalue weighted by Gasteiger charge is 2.10. The van der Waals surface area contributed by atoms with Gasteiger partial charge in [0, 0.05) is 19.2 Å². The van der Waals surface area contributed by atoms with Gasteiger partial charge in [0.05, 0.1) is 18.7 Å². The summed E-state index contributed by atoms with van der Waals surface area (Å²) in [5, 5.41) is 0. The summed E-state index contributed by atoms with van der Waals surface area (Å²) in [5.74, 6) is 1.90. The molecule has 0 amide bonds. The van der Waals surface area contributed by atoms with E-state index < -0.39 is 0 Å². The van der Waals surface area contributed by atoms with Gasteiger partial charge in [-0.3, -0.25) is 0 Å². The molecule has 0 radical (unpaired) electrons. The lowest BCUT2D eigenvalue weighted by molar-refractivity contribution is 0.0490. The second-order valence-electron chi connectivity index (χ2n) is 2.69. The van der Waals surface area contributed by atoms with Gasteiger partial charge in [-0.1, -0.05) is 0 Å². The molecule has 0 aliphatic rings. The van der Waals surface area contributed by atoms with Crippen LogP contribution in [0.15, 0.2) is 16.6 Å². The molecule has 0 N–H and O–H groups in total. The summed E-state index contributed by atoms with van der Waals surface area (Å²) >= 11 is 3.36. The molecule has 1 aromatic rings. The Labute approximate surface area is 97.2 Å². The molecule has 84 valence electrons. The topological polar surface area (TPSA) is 36.9 Å². The fourth-order valence-electron chi connectivity index (χ4n) is 1.07. The largest absolute Gasteiger partial charge is 0.495 e. The minimum absolute atomic E-state index is 0.176. The average molecular weight is 277 g/mol. The van der Waals surface area contributed by atoms with Gasteiger partial charge in [-0.05, 0) is 15.9 Å². The third-order valence-electron chi connectivity index (χ3n) is 1.77. The first-order valence-electron chi connectivity index (χ1n) is 4.26. The van der Waals surface area contributed by atoms with Crippen molar-refractivity contribution < 1.29 is 18.9 Å². The molecule has 0 aliphatic heterocycles. The molecule has 0 atom stereocenters. The van der Waals surface area contributed by atoms with Crippen molar-refractivity contribution in [1.82, 2.24) is 0 Å². The molecule has 0 unspecified atom stereocenters. The first kappa shape index (κ1) is 12.1. The van der Waals surface area contributed by atoms with E-state index in [0.29, 0.717) is 17.2 Å². The van der Waals surface area contributed by atoms with Crippen molar-refractivity contribution in [3.63, 3.8) is 0 Å². The SMILES string of the molecule is COCOc1cc(Br)c(OC)cc1OC. The summed E-state index contributed by atoms with van der Waals surface area (Å²) in [5.41, 5.74) is 0. The lowest BCUT2D eigenvalue weighted by atomic mass is 10.3. The number of ether oxygens (including phenoxy) is 4. The molecule has 1 aromatic carbocycles. The van der Waals surface area contributed by atoms with Crippen molar-refractivity contribution >= 4 is 15.9 Å². The molecule has 1 rings (SSSR count). The fourth-order valence-corrected chi connectivity index (χ4v) is 1.55. The summed E-state index contributed by atoms with van der Waals surface area (Å²) in [6, 6.07) is 3.52. The number of methoxy groups -OCH3 is 3. The smallest absolute Gasteiger partial charge is 0.188 e. The van der Waals surface area contributed by atoms with Crippen molar-refractivity contribution in [2.45, 2.75) is 0 Å². The maximum atomic E-state index is 5.32. The zero-order chi connectivity index (χ0) is 11.3. The minimum Gasteiger partial charge on any atom is -0.495 e. The molecule has 15 heavy (non-hydrogen) atoms. The van der Waals surface area contributed by atoms with Crippen LogP contribution in [-0.2, 0) is 4.74 Å². The third kappa shape index (κ3) is 3.00. The van der Waals surface area contributed by atoms with E-state index in [1.165, 1.54) is 0 Å². The highest BCUT2D eigenvalue weighted by molar-refractivity contribution is 9.10. The van der Waals surface area contributed by atoms with Crippen molar-refractivity contribution in [3.05, 3.63) is 16.6 Å². The zero-order valence-electron chi connectivity index (χ0n) is 8.87. The Hall–Kier alpha value is -0.940. The van der Waals surface area contributed by atoms with Crippen LogP contribution in [0.3, 0.4) is 0 Å². The van der Waals surface area contributed by atoms with Crippen molar-refractivity contribution in [3.8, 4) is 17.2 Å². The molecular weight excluding hydrogens is 264 g/mol. The number of halogens is 1. The zero-order valence-corrected chi connectivity index (χ0v) is 10.5. The average Bonchev–Trinajstić information content (AvgIpc) is 2.26. The predicted molar refractivity (Wildman–Crippen MR) is 59.8 cm³/mol. The van der Waals surface area contributed by atoms with E-state index in [9.17, 15) is 0 Å². The standard InChI is InChI=1S/C10H13BrO4/c1-12-6-15-10-4-7(11)8(13-2)5-9(10)14-3/h4-5H,6H2,1-3H3. The summed E-state index contributed by atoms with van der Waals surface area (Å²) < 4.78 is 21.2. The second-order valence-corrected chi connectivity index (χ2v) is 3.54. The Balaban J connectivity index is 2.98. The van der Waals surface area contributed by atoms with Crippen LogP contribution in [-0.4, -0.2) is 28.1 Å². The Bertz CT molecular complexity index is 327. The molecule has 0 saturated heterocycles. The Kier molecular flexibility index (Phi) is 4.71. The molecule has 0 aliphatic carbocycles. The quantitative estimate of drug-likeness (QED) is 0.775.